The molecule has 1 N–H and O–H groups in total. The highest BCUT2D eigenvalue weighted by Crippen LogP contribution is 2.24. The first-order chi connectivity index (χ1) is 8.86. The highest BCUT2D eigenvalue weighted by atomic mass is 32.2. The zero-order valence-corrected chi connectivity index (χ0v) is 11.7. The Morgan fingerprint density at radius 3 is 2.68 bits per heavy atom. The summed E-state index contributed by atoms with van der Waals surface area (Å²) in [7, 11) is -3.60. The third-order valence-electron chi connectivity index (χ3n) is 2.96. The summed E-state index contributed by atoms with van der Waals surface area (Å²) in [6.45, 7) is 2.18. The SMILES string of the molecule is CCOC(=O)CCS(=O)(=O)N1CCCC1CC(=O)O. The van der Waals surface area contributed by atoms with E-state index in [-0.39, 0.29) is 25.2 Å². The lowest BCUT2D eigenvalue weighted by Gasteiger charge is -2.22. The van der Waals surface area contributed by atoms with Crippen molar-refractivity contribution >= 4 is 22.0 Å². The molecule has 1 aliphatic rings. The first kappa shape index (κ1) is 15.9. The average Bonchev–Trinajstić information content (AvgIpc) is 2.75. The fourth-order valence-corrected chi connectivity index (χ4v) is 3.84. The number of hydrogen-bond acceptors (Lipinski definition) is 5. The van der Waals surface area contributed by atoms with Crippen LogP contribution in [-0.2, 0) is 24.3 Å². The van der Waals surface area contributed by atoms with Gasteiger partial charge >= 0.3 is 11.9 Å². The molecule has 0 aromatic carbocycles. The smallest absolute Gasteiger partial charge is 0.306 e. The van der Waals surface area contributed by atoms with Gasteiger partial charge in [-0.3, -0.25) is 9.59 Å². The lowest BCUT2D eigenvalue weighted by Crippen LogP contribution is -2.38. The van der Waals surface area contributed by atoms with Crippen molar-refractivity contribution in [2.75, 3.05) is 18.9 Å². The molecule has 110 valence electrons. The molecule has 1 saturated heterocycles. The van der Waals surface area contributed by atoms with Gasteiger partial charge in [-0.1, -0.05) is 0 Å². The predicted octanol–water partition coefficient (Wildman–Crippen LogP) is 0.209. The zero-order chi connectivity index (χ0) is 14.5. The van der Waals surface area contributed by atoms with Crippen molar-refractivity contribution in [3.05, 3.63) is 0 Å². The Kier molecular flexibility index (Phi) is 5.74. The Hall–Kier alpha value is -1.15. The van der Waals surface area contributed by atoms with E-state index in [0.717, 1.165) is 0 Å². The minimum Gasteiger partial charge on any atom is -0.481 e. The van der Waals surface area contributed by atoms with E-state index < -0.39 is 28.0 Å². The van der Waals surface area contributed by atoms with Crippen LogP contribution < -0.4 is 0 Å². The van der Waals surface area contributed by atoms with Crippen molar-refractivity contribution in [3.8, 4) is 0 Å². The molecule has 1 rings (SSSR count). The third kappa shape index (κ3) is 4.79. The molecular weight excluding hydrogens is 274 g/mol. The van der Waals surface area contributed by atoms with E-state index in [4.69, 9.17) is 5.11 Å². The highest BCUT2D eigenvalue weighted by Gasteiger charge is 2.35. The van der Waals surface area contributed by atoms with Gasteiger partial charge in [0.05, 0.1) is 25.2 Å². The van der Waals surface area contributed by atoms with Gasteiger partial charge in [0.15, 0.2) is 0 Å². The number of carbonyl (C=O) groups excluding carboxylic acids is 1. The van der Waals surface area contributed by atoms with Crippen molar-refractivity contribution in [3.63, 3.8) is 0 Å². The van der Waals surface area contributed by atoms with Gasteiger partial charge in [0.25, 0.3) is 0 Å². The third-order valence-corrected chi connectivity index (χ3v) is 4.88. The molecule has 0 radical (unpaired) electrons. The van der Waals surface area contributed by atoms with Crippen LogP contribution in [0.4, 0.5) is 0 Å². The topological polar surface area (TPSA) is 101 Å². The zero-order valence-electron chi connectivity index (χ0n) is 10.9. The Morgan fingerprint density at radius 1 is 1.42 bits per heavy atom. The van der Waals surface area contributed by atoms with Gasteiger partial charge in [-0.2, -0.15) is 4.31 Å². The second kappa shape index (κ2) is 6.85. The van der Waals surface area contributed by atoms with Crippen molar-refractivity contribution in [2.24, 2.45) is 0 Å². The first-order valence-corrected chi connectivity index (χ1v) is 7.84. The number of carboxylic acids is 1. The van der Waals surface area contributed by atoms with E-state index >= 15 is 0 Å². The number of carbonyl (C=O) groups is 2. The fraction of sp³-hybridized carbons (Fsp3) is 0.818. The second-order valence-electron chi connectivity index (χ2n) is 4.38. The summed E-state index contributed by atoms with van der Waals surface area (Å²) in [5.74, 6) is -1.90. The van der Waals surface area contributed by atoms with Crippen LogP contribution in [0.15, 0.2) is 0 Å². The maximum absolute atomic E-state index is 12.1. The van der Waals surface area contributed by atoms with Gasteiger partial charge in [0, 0.05) is 12.6 Å². The van der Waals surface area contributed by atoms with Crippen LogP contribution in [0, 0.1) is 0 Å². The molecule has 0 spiro atoms. The van der Waals surface area contributed by atoms with Crippen LogP contribution in [0.1, 0.15) is 32.6 Å². The van der Waals surface area contributed by atoms with Gasteiger partial charge in [0.1, 0.15) is 0 Å². The Bertz CT molecular complexity index is 432. The van der Waals surface area contributed by atoms with Crippen molar-refractivity contribution in [1.82, 2.24) is 4.31 Å². The van der Waals surface area contributed by atoms with Crippen LogP contribution >= 0.6 is 0 Å². The second-order valence-corrected chi connectivity index (χ2v) is 6.42. The molecular formula is C11H19NO6S. The van der Waals surface area contributed by atoms with Crippen molar-refractivity contribution < 1.29 is 27.9 Å². The first-order valence-electron chi connectivity index (χ1n) is 6.23. The lowest BCUT2D eigenvalue weighted by molar-refractivity contribution is -0.142. The quantitative estimate of drug-likeness (QED) is 0.673. The Labute approximate surface area is 112 Å². The summed E-state index contributed by atoms with van der Waals surface area (Å²) in [6, 6.07) is -0.496. The number of nitrogens with zero attached hydrogens (tertiary/aromatic N) is 1. The standard InChI is InChI=1S/C11H19NO6S/c1-2-18-11(15)5-7-19(16,17)12-6-3-4-9(12)8-10(13)14/h9H,2-8H2,1H3,(H,13,14). The number of ether oxygens (including phenoxy) is 1. The molecule has 0 bridgehead atoms. The predicted molar refractivity (Wildman–Crippen MR) is 67.0 cm³/mol. The molecule has 19 heavy (non-hydrogen) atoms. The van der Waals surface area contributed by atoms with Crippen LogP contribution in [0.5, 0.6) is 0 Å². The van der Waals surface area contributed by atoms with Crippen LogP contribution in [0.25, 0.3) is 0 Å². The van der Waals surface area contributed by atoms with Gasteiger partial charge < -0.3 is 9.84 Å². The van der Waals surface area contributed by atoms with Gasteiger partial charge in [-0.25, -0.2) is 8.42 Å². The van der Waals surface area contributed by atoms with Gasteiger partial charge in [-0.15, -0.1) is 0 Å². The van der Waals surface area contributed by atoms with E-state index in [0.29, 0.717) is 19.4 Å². The van der Waals surface area contributed by atoms with Crippen LogP contribution in [0.2, 0.25) is 0 Å². The largest absolute Gasteiger partial charge is 0.481 e. The molecule has 0 saturated carbocycles. The molecule has 1 aliphatic heterocycles. The molecule has 1 atom stereocenters. The van der Waals surface area contributed by atoms with E-state index in [9.17, 15) is 18.0 Å². The van der Waals surface area contributed by atoms with Crippen molar-refractivity contribution in [1.29, 1.82) is 0 Å². The van der Waals surface area contributed by atoms with Crippen molar-refractivity contribution in [2.45, 2.75) is 38.6 Å². The summed E-state index contributed by atoms with van der Waals surface area (Å²) in [6.07, 6.45) is 0.798. The summed E-state index contributed by atoms with van der Waals surface area (Å²) in [5, 5.41) is 8.75. The summed E-state index contributed by atoms with van der Waals surface area (Å²) in [5.41, 5.74) is 0. The molecule has 0 aromatic rings. The summed E-state index contributed by atoms with van der Waals surface area (Å²) < 4.78 is 30.0. The maximum atomic E-state index is 12.1. The lowest BCUT2D eigenvalue weighted by atomic mass is 10.2. The molecule has 8 heteroatoms. The van der Waals surface area contributed by atoms with E-state index in [1.165, 1.54) is 4.31 Å². The number of rotatable bonds is 7. The molecule has 1 unspecified atom stereocenters. The normalized spacial score (nSPS) is 20.4. The molecule has 1 heterocycles. The molecule has 7 nitrogen and oxygen atoms in total. The van der Waals surface area contributed by atoms with E-state index in [1.54, 1.807) is 6.92 Å². The molecule has 0 amide bonds. The number of carboxylic acid groups (broad SMARTS) is 1. The minimum absolute atomic E-state index is 0.196. The number of esters is 1. The number of sulfonamides is 1. The number of hydrogen-bond donors (Lipinski definition) is 1. The molecule has 0 aromatic heterocycles. The Balaban J connectivity index is 2.60. The molecule has 0 aliphatic carbocycles. The van der Waals surface area contributed by atoms with E-state index in [2.05, 4.69) is 4.74 Å². The summed E-state index contributed by atoms with van der Waals surface area (Å²) in [4.78, 5) is 21.8. The van der Waals surface area contributed by atoms with E-state index in [1.807, 2.05) is 0 Å². The average molecular weight is 293 g/mol. The Morgan fingerprint density at radius 2 is 2.11 bits per heavy atom. The monoisotopic (exact) mass is 293 g/mol. The highest BCUT2D eigenvalue weighted by molar-refractivity contribution is 7.89. The minimum atomic E-state index is -3.60. The summed E-state index contributed by atoms with van der Waals surface area (Å²) >= 11 is 0. The van der Waals surface area contributed by atoms with Gasteiger partial charge in [-0.05, 0) is 19.8 Å². The van der Waals surface area contributed by atoms with Gasteiger partial charge in [0.2, 0.25) is 10.0 Å². The molecule has 1 fully saturated rings. The maximum Gasteiger partial charge on any atom is 0.306 e. The number of aliphatic carboxylic acids is 1. The fourth-order valence-electron chi connectivity index (χ4n) is 2.14. The van der Waals surface area contributed by atoms with Crippen LogP contribution in [0.3, 0.4) is 0 Å². The van der Waals surface area contributed by atoms with Crippen LogP contribution in [-0.4, -0.2) is 54.7 Å².